The minimum atomic E-state index is -0.502. The molecule has 0 fully saturated rings. The van der Waals surface area contributed by atoms with E-state index in [9.17, 15) is 24.3 Å². The number of carbonyl (C=O) groups is 4. The quantitative estimate of drug-likeness (QED) is 0.129. The number of methoxy groups -OCH3 is 4. The largest absolute Gasteiger partial charge is 0.507 e. The summed E-state index contributed by atoms with van der Waals surface area (Å²) in [7, 11) is 8.17. The number of phenolic OH excluding ortho intramolecular Hbond substituents is 1. The highest BCUT2D eigenvalue weighted by molar-refractivity contribution is 6.23. The monoisotopic (exact) mass is 773 g/mol. The molecule has 7 rings (SSSR count). The number of nitrogens with zero attached hydrogens (tertiary/aromatic N) is 3. The number of rotatable bonds is 14. The SMILES string of the molecule is COc1ccc(CN2C(=O)c3cccc(O)c3C2=O)cc1OC.COc1ccc(CN2C(=O)c3cccc(OCCN(C)Cc4ccccc4)c3C2=O)cc1OC. The summed E-state index contributed by atoms with van der Waals surface area (Å²) >= 11 is 0. The first-order valence-electron chi connectivity index (χ1n) is 18.0. The Balaban J connectivity index is 0.000000208. The highest BCUT2D eigenvalue weighted by atomic mass is 16.5. The van der Waals surface area contributed by atoms with Crippen LogP contribution in [0.25, 0.3) is 0 Å². The van der Waals surface area contributed by atoms with E-state index in [1.165, 1.54) is 36.8 Å². The summed E-state index contributed by atoms with van der Waals surface area (Å²) in [6.07, 6.45) is 0. The van der Waals surface area contributed by atoms with Crippen molar-refractivity contribution in [3.05, 3.63) is 142 Å². The maximum Gasteiger partial charge on any atom is 0.265 e. The fourth-order valence-electron chi connectivity index (χ4n) is 6.63. The van der Waals surface area contributed by atoms with E-state index in [4.69, 9.17) is 23.7 Å². The van der Waals surface area contributed by atoms with E-state index >= 15 is 0 Å². The van der Waals surface area contributed by atoms with Crippen molar-refractivity contribution in [1.82, 2.24) is 14.7 Å². The van der Waals surface area contributed by atoms with Crippen LogP contribution in [-0.2, 0) is 19.6 Å². The highest BCUT2D eigenvalue weighted by Gasteiger charge is 2.39. The second-order valence-corrected chi connectivity index (χ2v) is 13.2. The average Bonchev–Trinajstić information content (AvgIpc) is 3.62. The Hall–Kier alpha value is -6.86. The van der Waals surface area contributed by atoms with Crippen LogP contribution < -0.4 is 23.7 Å². The van der Waals surface area contributed by atoms with E-state index in [-0.39, 0.29) is 41.8 Å². The fraction of sp³-hybridized carbons (Fsp3) is 0.227. The van der Waals surface area contributed by atoms with Crippen LogP contribution in [0.5, 0.6) is 34.5 Å². The van der Waals surface area contributed by atoms with Crippen LogP contribution in [0.1, 0.15) is 58.1 Å². The molecule has 0 saturated carbocycles. The van der Waals surface area contributed by atoms with Gasteiger partial charge in [-0.25, -0.2) is 0 Å². The molecule has 13 nitrogen and oxygen atoms in total. The zero-order valence-corrected chi connectivity index (χ0v) is 32.3. The predicted molar refractivity (Wildman–Crippen MR) is 210 cm³/mol. The van der Waals surface area contributed by atoms with Crippen molar-refractivity contribution in [3.8, 4) is 34.5 Å². The van der Waals surface area contributed by atoms with E-state index in [1.54, 1.807) is 68.8 Å². The van der Waals surface area contributed by atoms with E-state index in [1.807, 2.05) is 31.3 Å². The molecule has 13 heteroatoms. The van der Waals surface area contributed by atoms with Crippen LogP contribution in [0, 0.1) is 0 Å². The van der Waals surface area contributed by atoms with Gasteiger partial charge in [-0.1, -0.05) is 54.6 Å². The lowest BCUT2D eigenvalue weighted by Gasteiger charge is -2.18. The first-order chi connectivity index (χ1) is 27.6. The summed E-state index contributed by atoms with van der Waals surface area (Å²) in [5.41, 5.74) is 3.65. The van der Waals surface area contributed by atoms with Crippen molar-refractivity contribution in [3.63, 3.8) is 0 Å². The number of fused-ring (bicyclic) bond motifs is 2. The molecule has 294 valence electrons. The van der Waals surface area contributed by atoms with Gasteiger partial charge in [0.05, 0.1) is 63.8 Å². The molecule has 0 aliphatic carbocycles. The molecule has 5 aromatic carbocycles. The lowest BCUT2D eigenvalue weighted by Crippen LogP contribution is -2.29. The number of carbonyl (C=O) groups excluding carboxylic acids is 4. The number of likely N-dealkylation sites (N-methyl/N-ethyl adjacent to an activating group) is 1. The Morgan fingerprint density at radius 2 is 1.04 bits per heavy atom. The Kier molecular flexibility index (Phi) is 12.4. The van der Waals surface area contributed by atoms with Gasteiger partial charge >= 0.3 is 0 Å². The van der Waals surface area contributed by atoms with Crippen LogP contribution >= 0.6 is 0 Å². The molecule has 57 heavy (non-hydrogen) atoms. The van der Waals surface area contributed by atoms with Gasteiger partial charge in [-0.15, -0.1) is 0 Å². The van der Waals surface area contributed by atoms with Gasteiger partial charge in [0.1, 0.15) is 18.1 Å². The zero-order chi connectivity index (χ0) is 40.6. The second-order valence-electron chi connectivity index (χ2n) is 13.2. The third kappa shape index (κ3) is 8.53. The molecule has 0 saturated heterocycles. The maximum absolute atomic E-state index is 13.2. The van der Waals surface area contributed by atoms with Crippen molar-refractivity contribution < 1.29 is 48.0 Å². The normalized spacial score (nSPS) is 12.9. The van der Waals surface area contributed by atoms with Gasteiger partial charge in [-0.05, 0) is 72.3 Å². The molecule has 0 spiro atoms. The maximum atomic E-state index is 13.2. The van der Waals surface area contributed by atoms with Gasteiger partial charge < -0.3 is 28.8 Å². The fourth-order valence-corrected chi connectivity index (χ4v) is 6.63. The molecule has 2 aliphatic rings. The van der Waals surface area contributed by atoms with E-state index in [0.717, 1.165) is 22.6 Å². The number of hydrogen-bond acceptors (Lipinski definition) is 11. The number of amides is 4. The molecule has 2 aliphatic heterocycles. The molecule has 0 aromatic heterocycles. The number of hydrogen-bond donors (Lipinski definition) is 1. The number of ether oxygens (including phenoxy) is 5. The van der Waals surface area contributed by atoms with Gasteiger partial charge in [-0.2, -0.15) is 0 Å². The molecule has 0 unspecified atom stereocenters. The first-order valence-corrected chi connectivity index (χ1v) is 18.0. The van der Waals surface area contributed by atoms with E-state index < -0.39 is 11.8 Å². The van der Waals surface area contributed by atoms with Crippen molar-refractivity contribution >= 4 is 23.6 Å². The van der Waals surface area contributed by atoms with Crippen LogP contribution in [0.3, 0.4) is 0 Å². The Morgan fingerprint density at radius 1 is 0.526 bits per heavy atom. The molecular formula is C44H43N3O10. The molecule has 0 atom stereocenters. The number of phenols is 1. The number of benzene rings is 5. The summed E-state index contributed by atoms with van der Waals surface area (Å²) in [4.78, 5) is 55.5. The minimum absolute atomic E-state index is 0.0537. The standard InChI is InChI=1S/C27H28N2O5.C17H15NO5/c1-28(17-19-8-5-4-6-9-19)14-15-34-23-11-7-10-21-25(23)27(31)29(26(21)30)18-20-12-13-22(32-2)24(16-20)33-3;1-22-13-7-6-10(8-14(13)23-2)9-18-16(20)11-4-3-5-12(19)15(11)17(18)21/h4-13,16H,14-15,17-18H2,1-3H3;3-8,19H,9H2,1-2H3. The second kappa shape index (κ2) is 17.7. The highest BCUT2D eigenvalue weighted by Crippen LogP contribution is 2.35. The lowest BCUT2D eigenvalue weighted by atomic mass is 10.1. The summed E-state index contributed by atoms with van der Waals surface area (Å²) in [5, 5.41) is 9.82. The van der Waals surface area contributed by atoms with Crippen LogP contribution in [0.15, 0.2) is 103 Å². The smallest absolute Gasteiger partial charge is 0.265 e. The Labute approximate surface area is 330 Å². The van der Waals surface area contributed by atoms with Crippen molar-refractivity contribution in [2.75, 3.05) is 48.6 Å². The van der Waals surface area contributed by atoms with Gasteiger partial charge in [-0.3, -0.25) is 33.9 Å². The molecule has 0 bridgehead atoms. The molecule has 5 aromatic rings. The third-order valence-corrected chi connectivity index (χ3v) is 9.54. The molecule has 1 N–H and O–H groups in total. The molecule has 0 radical (unpaired) electrons. The predicted octanol–water partition coefficient (Wildman–Crippen LogP) is 6.22. The number of aromatic hydroxyl groups is 1. The van der Waals surface area contributed by atoms with E-state index in [2.05, 4.69) is 17.0 Å². The molecule has 4 amide bonds. The van der Waals surface area contributed by atoms with Gasteiger partial charge in [0.2, 0.25) is 0 Å². The van der Waals surface area contributed by atoms with Crippen LogP contribution in [0.4, 0.5) is 0 Å². The molecular weight excluding hydrogens is 730 g/mol. The Morgan fingerprint density at radius 3 is 1.56 bits per heavy atom. The zero-order valence-electron chi connectivity index (χ0n) is 32.3. The Bertz CT molecular complexity index is 2290. The van der Waals surface area contributed by atoms with Crippen molar-refractivity contribution in [2.45, 2.75) is 19.6 Å². The first kappa shape index (κ1) is 39.8. The van der Waals surface area contributed by atoms with Crippen molar-refractivity contribution in [2.24, 2.45) is 0 Å². The topological polar surface area (TPSA) is 144 Å². The summed E-state index contributed by atoms with van der Waals surface area (Å²) < 4.78 is 27.0. The summed E-state index contributed by atoms with van der Waals surface area (Å²) in [6, 6.07) is 30.3. The van der Waals surface area contributed by atoms with Crippen LogP contribution in [0.2, 0.25) is 0 Å². The van der Waals surface area contributed by atoms with Crippen molar-refractivity contribution in [1.29, 1.82) is 0 Å². The van der Waals surface area contributed by atoms with Crippen LogP contribution in [-0.4, -0.2) is 92.1 Å². The number of imide groups is 2. The van der Waals surface area contributed by atoms with Gasteiger partial charge in [0.15, 0.2) is 23.0 Å². The van der Waals surface area contributed by atoms with Gasteiger partial charge in [0, 0.05) is 13.1 Å². The van der Waals surface area contributed by atoms with Gasteiger partial charge in [0.25, 0.3) is 23.6 Å². The lowest BCUT2D eigenvalue weighted by molar-refractivity contribution is 0.0626. The minimum Gasteiger partial charge on any atom is -0.507 e. The van der Waals surface area contributed by atoms with E-state index in [0.29, 0.717) is 53.0 Å². The average molecular weight is 774 g/mol. The third-order valence-electron chi connectivity index (χ3n) is 9.54. The molecule has 2 heterocycles. The summed E-state index contributed by atoms with van der Waals surface area (Å²) in [5.74, 6) is 0.843. The summed E-state index contributed by atoms with van der Waals surface area (Å²) in [6.45, 7) is 2.10.